The summed E-state index contributed by atoms with van der Waals surface area (Å²) in [7, 11) is 1.60. The number of amides is 1. The van der Waals surface area contributed by atoms with E-state index < -0.39 is 0 Å². The van der Waals surface area contributed by atoms with E-state index in [1.807, 2.05) is 28.7 Å². The summed E-state index contributed by atoms with van der Waals surface area (Å²) in [4.78, 5) is 18.5. The van der Waals surface area contributed by atoms with Gasteiger partial charge in [-0.2, -0.15) is 0 Å². The molecule has 1 aromatic carbocycles. The number of carbonyl (C=O) groups excluding carboxylic acids is 1. The number of methoxy groups -OCH3 is 1. The molecule has 0 saturated heterocycles. The zero-order valence-corrected chi connectivity index (χ0v) is 13.4. The molecule has 0 saturated carbocycles. The van der Waals surface area contributed by atoms with E-state index >= 15 is 0 Å². The van der Waals surface area contributed by atoms with Gasteiger partial charge in [0.1, 0.15) is 5.75 Å². The summed E-state index contributed by atoms with van der Waals surface area (Å²) >= 11 is 0. The average molecular weight is 325 g/mol. The molecule has 0 bridgehead atoms. The van der Waals surface area contributed by atoms with Gasteiger partial charge in [0.2, 0.25) is 0 Å². The number of hydrogen-bond donors (Lipinski definition) is 1. The fourth-order valence-electron chi connectivity index (χ4n) is 2.65. The van der Waals surface area contributed by atoms with Crippen LogP contribution in [0.2, 0.25) is 0 Å². The molecule has 0 aliphatic heterocycles. The van der Waals surface area contributed by atoms with E-state index in [2.05, 4.69) is 4.98 Å². The van der Waals surface area contributed by atoms with Crippen molar-refractivity contribution in [2.24, 2.45) is 0 Å². The topological polar surface area (TPSA) is 67.1 Å². The van der Waals surface area contributed by atoms with Crippen LogP contribution in [0.1, 0.15) is 15.9 Å². The SMILES string of the molecule is COc1ccccc1CN(CCO)C(=O)c1ccn2cncc2c1. The van der Waals surface area contributed by atoms with E-state index in [1.165, 1.54) is 0 Å². The zero-order chi connectivity index (χ0) is 16.9. The monoisotopic (exact) mass is 325 g/mol. The predicted molar refractivity (Wildman–Crippen MR) is 90.0 cm³/mol. The van der Waals surface area contributed by atoms with E-state index in [4.69, 9.17) is 4.74 Å². The van der Waals surface area contributed by atoms with Gasteiger partial charge in [-0.3, -0.25) is 4.79 Å². The molecule has 0 radical (unpaired) electrons. The minimum atomic E-state index is -0.140. The van der Waals surface area contributed by atoms with E-state index in [-0.39, 0.29) is 19.1 Å². The average Bonchev–Trinajstić information content (AvgIpc) is 3.09. The number of pyridine rings is 1. The Morgan fingerprint density at radius 1 is 1.33 bits per heavy atom. The third-order valence-corrected chi connectivity index (χ3v) is 3.87. The minimum absolute atomic E-state index is 0.101. The highest BCUT2D eigenvalue weighted by Gasteiger charge is 2.18. The van der Waals surface area contributed by atoms with Gasteiger partial charge < -0.3 is 19.1 Å². The third kappa shape index (κ3) is 3.23. The van der Waals surface area contributed by atoms with Crippen LogP contribution >= 0.6 is 0 Å². The van der Waals surface area contributed by atoms with Crippen molar-refractivity contribution in [1.82, 2.24) is 14.3 Å². The highest BCUT2D eigenvalue weighted by Crippen LogP contribution is 2.20. The normalized spacial score (nSPS) is 10.8. The maximum Gasteiger partial charge on any atom is 0.254 e. The summed E-state index contributed by atoms with van der Waals surface area (Å²) in [6.45, 7) is 0.519. The Labute approximate surface area is 139 Å². The molecule has 1 N–H and O–H groups in total. The molecule has 0 spiro atoms. The third-order valence-electron chi connectivity index (χ3n) is 3.87. The summed E-state index contributed by atoms with van der Waals surface area (Å²) in [6, 6.07) is 11.1. The number of carbonyl (C=O) groups is 1. The fourth-order valence-corrected chi connectivity index (χ4v) is 2.65. The number of hydrogen-bond acceptors (Lipinski definition) is 4. The van der Waals surface area contributed by atoms with Crippen LogP contribution in [0, 0.1) is 0 Å². The van der Waals surface area contributed by atoms with Gasteiger partial charge in [-0.25, -0.2) is 4.98 Å². The Hall–Kier alpha value is -2.86. The highest BCUT2D eigenvalue weighted by atomic mass is 16.5. The molecule has 0 aliphatic carbocycles. The van der Waals surface area contributed by atoms with Crippen LogP contribution in [-0.2, 0) is 6.54 Å². The molecule has 3 aromatic rings. The van der Waals surface area contributed by atoms with E-state index in [0.717, 1.165) is 16.8 Å². The van der Waals surface area contributed by atoms with Gasteiger partial charge in [-0.1, -0.05) is 18.2 Å². The van der Waals surface area contributed by atoms with E-state index in [0.29, 0.717) is 12.1 Å². The Kier molecular flexibility index (Phi) is 4.77. The first kappa shape index (κ1) is 16.0. The van der Waals surface area contributed by atoms with Crippen molar-refractivity contribution in [3.8, 4) is 5.75 Å². The van der Waals surface area contributed by atoms with Crippen LogP contribution in [0.4, 0.5) is 0 Å². The Balaban J connectivity index is 1.87. The number of nitrogens with zero attached hydrogens (tertiary/aromatic N) is 3. The van der Waals surface area contributed by atoms with Crippen molar-refractivity contribution in [2.75, 3.05) is 20.3 Å². The van der Waals surface area contributed by atoms with Gasteiger partial charge in [-0.15, -0.1) is 0 Å². The molecule has 2 heterocycles. The second kappa shape index (κ2) is 7.14. The standard InChI is InChI=1S/C18H19N3O3/c1-24-17-5-3-2-4-15(17)12-20(8-9-22)18(23)14-6-7-21-13-19-11-16(21)10-14/h2-7,10-11,13,22H,8-9,12H2,1H3. The molecular weight excluding hydrogens is 306 g/mol. The summed E-state index contributed by atoms with van der Waals surface area (Å²) in [6.07, 6.45) is 5.19. The largest absolute Gasteiger partial charge is 0.496 e. The second-order valence-corrected chi connectivity index (χ2v) is 5.40. The van der Waals surface area contributed by atoms with Crippen molar-refractivity contribution < 1.29 is 14.6 Å². The summed E-state index contributed by atoms with van der Waals surface area (Å²) in [5.41, 5.74) is 2.31. The maximum absolute atomic E-state index is 12.8. The van der Waals surface area contributed by atoms with E-state index in [1.54, 1.807) is 42.9 Å². The number of fused-ring (bicyclic) bond motifs is 1. The van der Waals surface area contributed by atoms with Crippen molar-refractivity contribution >= 4 is 11.4 Å². The summed E-state index contributed by atoms with van der Waals surface area (Å²) < 4.78 is 7.19. The number of rotatable bonds is 6. The predicted octanol–water partition coefficient (Wildman–Crippen LogP) is 1.98. The van der Waals surface area contributed by atoms with Crippen LogP contribution in [0.5, 0.6) is 5.75 Å². The molecule has 124 valence electrons. The maximum atomic E-state index is 12.8. The van der Waals surface area contributed by atoms with Gasteiger partial charge in [0.05, 0.1) is 31.8 Å². The lowest BCUT2D eigenvalue weighted by molar-refractivity contribution is 0.0706. The lowest BCUT2D eigenvalue weighted by Crippen LogP contribution is -2.33. The molecule has 6 nitrogen and oxygen atoms in total. The number of aliphatic hydroxyl groups is 1. The number of imidazole rings is 1. The zero-order valence-electron chi connectivity index (χ0n) is 13.4. The number of benzene rings is 1. The van der Waals surface area contributed by atoms with Crippen molar-refractivity contribution in [3.63, 3.8) is 0 Å². The molecule has 2 aromatic heterocycles. The number of para-hydroxylation sites is 1. The van der Waals surface area contributed by atoms with Gasteiger partial charge in [0, 0.05) is 30.4 Å². The first-order chi connectivity index (χ1) is 11.7. The van der Waals surface area contributed by atoms with Gasteiger partial charge >= 0.3 is 0 Å². The number of aliphatic hydroxyl groups excluding tert-OH is 1. The van der Waals surface area contributed by atoms with Crippen LogP contribution in [0.15, 0.2) is 55.1 Å². The van der Waals surface area contributed by atoms with Crippen molar-refractivity contribution in [2.45, 2.75) is 6.54 Å². The van der Waals surface area contributed by atoms with Gasteiger partial charge in [0.15, 0.2) is 0 Å². The molecule has 0 atom stereocenters. The molecule has 24 heavy (non-hydrogen) atoms. The molecule has 1 amide bonds. The van der Waals surface area contributed by atoms with Crippen LogP contribution < -0.4 is 4.74 Å². The molecule has 6 heteroatoms. The lowest BCUT2D eigenvalue weighted by atomic mass is 10.1. The Bertz CT molecular complexity index is 844. The van der Waals surface area contributed by atoms with Crippen molar-refractivity contribution in [3.05, 3.63) is 66.2 Å². The molecule has 0 aliphatic rings. The Morgan fingerprint density at radius 3 is 2.96 bits per heavy atom. The fraction of sp³-hybridized carbons (Fsp3) is 0.222. The smallest absolute Gasteiger partial charge is 0.254 e. The lowest BCUT2D eigenvalue weighted by Gasteiger charge is -2.23. The number of ether oxygens (including phenoxy) is 1. The first-order valence-corrected chi connectivity index (χ1v) is 7.66. The molecule has 0 unspecified atom stereocenters. The van der Waals surface area contributed by atoms with Gasteiger partial charge in [0.25, 0.3) is 5.91 Å². The first-order valence-electron chi connectivity index (χ1n) is 7.66. The number of aromatic nitrogens is 2. The van der Waals surface area contributed by atoms with E-state index in [9.17, 15) is 9.90 Å². The van der Waals surface area contributed by atoms with Crippen molar-refractivity contribution in [1.29, 1.82) is 0 Å². The summed E-state index contributed by atoms with van der Waals surface area (Å²) in [5, 5.41) is 9.34. The molecular formula is C18H19N3O3. The quantitative estimate of drug-likeness (QED) is 0.752. The second-order valence-electron chi connectivity index (χ2n) is 5.40. The van der Waals surface area contributed by atoms with Gasteiger partial charge in [-0.05, 0) is 18.2 Å². The highest BCUT2D eigenvalue weighted by molar-refractivity contribution is 5.95. The molecule has 0 fully saturated rings. The minimum Gasteiger partial charge on any atom is -0.496 e. The van der Waals surface area contributed by atoms with Crippen LogP contribution in [0.3, 0.4) is 0 Å². The molecule has 3 rings (SSSR count). The van der Waals surface area contributed by atoms with Crippen LogP contribution in [0.25, 0.3) is 5.52 Å². The Morgan fingerprint density at radius 2 is 2.17 bits per heavy atom. The summed E-state index contributed by atoms with van der Waals surface area (Å²) in [5.74, 6) is 0.582. The van der Waals surface area contributed by atoms with Crippen LogP contribution in [-0.4, -0.2) is 45.6 Å².